The van der Waals surface area contributed by atoms with Crippen LogP contribution in [0, 0.1) is 0 Å². The molecule has 0 atom stereocenters. The van der Waals surface area contributed by atoms with Gasteiger partial charge in [-0.15, -0.1) is 0 Å². The third-order valence-electron chi connectivity index (χ3n) is 2.24. The number of rotatable bonds is 2. The minimum absolute atomic E-state index is 0.161. The molecule has 0 radical (unpaired) electrons. The number of carbonyl (C=O) groups excluding carboxylic acids is 1. The average molecular weight is 296 g/mol. The molecule has 0 fully saturated rings. The van der Waals surface area contributed by atoms with E-state index < -0.39 is 5.97 Å². The highest BCUT2D eigenvalue weighted by atomic mass is 79.9. The highest BCUT2D eigenvalue weighted by Gasteiger charge is 2.20. The van der Waals surface area contributed by atoms with Crippen molar-refractivity contribution in [2.24, 2.45) is 0 Å². The number of nitrogen functional groups attached to an aromatic ring is 1. The number of nitrogens with zero attached hydrogens (tertiary/aromatic N) is 2. The first-order valence-corrected chi connectivity index (χ1v) is 5.62. The van der Waals surface area contributed by atoms with Crippen molar-refractivity contribution in [1.29, 1.82) is 0 Å². The molecule has 1 aromatic heterocycles. The van der Waals surface area contributed by atoms with Crippen molar-refractivity contribution in [3.8, 4) is 5.69 Å². The molecule has 2 N–H and O–H groups in total. The summed E-state index contributed by atoms with van der Waals surface area (Å²) in [5, 5.41) is 4.12. The molecule has 0 saturated carbocycles. The van der Waals surface area contributed by atoms with Crippen LogP contribution < -0.4 is 5.73 Å². The Morgan fingerprint density at radius 3 is 2.65 bits per heavy atom. The molecule has 0 saturated heterocycles. The van der Waals surface area contributed by atoms with Gasteiger partial charge in [-0.1, -0.05) is 18.2 Å². The predicted octanol–water partition coefficient (Wildman–Crippen LogP) is 2.00. The first kappa shape index (κ1) is 11.7. The molecule has 2 aromatic rings. The summed E-state index contributed by atoms with van der Waals surface area (Å²) in [6, 6.07) is 9.30. The van der Waals surface area contributed by atoms with Crippen molar-refractivity contribution in [2.75, 3.05) is 12.8 Å². The highest BCUT2D eigenvalue weighted by molar-refractivity contribution is 9.10. The van der Waals surface area contributed by atoms with Crippen molar-refractivity contribution in [3.05, 3.63) is 40.5 Å². The summed E-state index contributed by atoms with van der Waals surface area (Å²) in [7, 11) is 1.30. The van der Waals surface area contributed by atoms with Crippen molar-refractivity contribution in [3.63, 3.8) is 0 Å². The minimum Gasteiger partial charge on any atom is -0.464 e. The summed E-state index contributed by atoms with van der Waals surface area (Å²) in [4.78, 5) is 11.4. The number of esters is 1. The van der Waals surface area contributed by atoms with E-state index in [0.717, 1.165) is 5.69 Å². The minimum atomic E-state index is -0.529. The number of nitrogens with two attached hydrogens (primary N) is 1. The van der Waals surface area contributed by atoms with E-state index in [1.54, 1.807) is 0 Å². The summed E-state index contributed by atoms with van der Waals surface area (Å²) in [6.07, 6.45) is 0. The fourth-order valence-corrected chi connectivity index (χ4v) is 1.81. The fraction of sp³-hybridized carbons (Fsp3) is 0.0909. The monoisotopic (exact) mass is 295 g/mol. The van der Waals surface area contributed by atoms with Gasteiger partial charge in [-0.25, -0.2) is 9.48 Å². The lowest BCUT2D eigenvalue weighted by molar-refractivity contribution is 0.0592. The number of carbonyl (C=O) groups is 1. The van der Waals surface area contributed by atoms with Gasteiger partial charge in [-0.3, -0.25) is 0 Å². The second-order valence-electron chi connectivity index (χ2n) is 3.29. The molecule has 0 aliphatic rings. The first-order valence-electron chi connectivity index (χ1n) is 4.83. The zero-order valence-electron chi connectivity index (χ0n) is 9.05. The number of hydrogen-bond acceptors (Lipinski definition) is 4. The highest BCUT2D eigenvalue weighted by Crippen LogP contribution is 2.26. The van der Waals surface area contributed by atoms with Gasteiger partial charge in [0.25, 0.3) is 0 Å². The van der Waals surface area contributed by atoms with Crippen molar-refractivity contribution in [1.82, 2.24) is 9.78 Å². The van der Waals surface area contributed by atoms with Crippen molar-refractivity contribution in [2.45, 2.75) is 0 Å². The molecule has 17 heavy (non-hydrogen) atoms. The van der Waals surface area contributed by atoms with E-state index in [1.165, 1.54) is 11.8 Å². The van der Waals surface area contributed by atoms with Gasteiger partial charge in [0, 0.05) is 0 Å². The summed E-state index contributed by atoms with van der Waals surface area (Å²) in [5.74, 6) is -0.171. The topological polar surface area (TPSA) is 70.1 Å². The quantitative estimate of drug-likeness (QED) is 0.861. The van der Waals surface area contributed by atoms with Gasteiger partial charge in [0.15, 0.2) is 5.69 Å². The van der Waals surface area contributed by atoms with Crippen LogP contribution >= 0.6 is 15.9 Å². The van der Waals surface area contributed by atoms with E-state index in [-0.39, 0.29) is 5.69 Å². The Morgan fingerprint density at radius 1 is 1.41 bits per heavy atom. The van der Waals surface area contributed by atoms with Crippen LogP contribution in [-0.2, 0) is 4.74 Å². The van der Waals surface area contributed by atoms with E-state index in [4.69, 9.17) is 5.73 Å². The molecule has 88 valence electrons. The summed E-state index contributed by atoms with van der Waals surface area (Å²) in [5.41, 5.74) is 6.81. The molecule has 0 aliphatic carbocycles. The molecular weight excluding hydrogens is 286 g/mol. The molecule has 0 bridgehead atoms. The van der Waals surface area contributed by atoms with E-state index in [0.29, 0.717) is 10.3 Å². The summed E-state index contributed by atoms with van der Waals surface area (Å²) < 4.78 is 6.54. The van der Waals surface area contributed by atoms with Crippen LogP contribution in [0.5, 0.6) is 0 Å². The first-order chi connectivity index (χ1) is 8.15. The molecule has 1 aromatic carbocycles. The lowest BCUT2D eigenvalue weighted by Crippen LogP contribution is -2.05. The molecule has 5 nitrogen and oxygen atoms in total. The van der Waals surface area contributed by atoms with Gasteiger partial charge in [-0.2, -0.15) is 5.10 Å². The third-order valence-corrected chi connectivity index (χ3v) is 3.02. The summed E-state index contributed by atoms with van der Waals surface area (Å²) >= 11 is 3.23. The molecule has 2 rings (SSSR count). The number of aromatic nitrogens is 2. The van der Waals surface area contributed by atoms with E-state index in [9.17, 15) is 4.79 Å². The van der Waals surface area contributed by atoms with Gasteiger partial charge in [-0.05, 0) is 28.1 Å². The van der Waals surface area contributed by atoms with Crippen LogP contribution in [0.1, 0.15) is 10.5 Å². The lowest BCUT2D eigenvalue weighted by atomic mass is 10.3. The zero-order valence-corrected chi connectivity index (χ0v) is 10.6. The van der Waals surface area contributed by atoms with Crippen LogP contribution in [0.15, 0.2) is 34.8 Å². The molecule has 0 aliphatic heterocycles. The molecule has 1 heterocycles. The zero-order chi connectivity index (χ0) is 12.4. The van der Waals surface area contributed by atoms with Gasteiger partial charge < -0.3 is 10.5 Å². The number of para-hydroxylation sites is 1. The Balaban J connectivity index is 2.54. The smallest absolute Gasteiger partial charge is 0.359 e. The Bertz CT molecular complexity index is 551. The largest absolute Gasteiger partial charge is 0.464 e. The maximum atomic E-state index is 11.4. The molecule has 6 heteroatoms. The number of hydrogen-bond donors (Lipinski definition) is 1. The van der Waals surface area contributed by atoms with Crippen LogP contribution in [0.25, 0.3) is 5.69 Å². The van der Waals surface area contributed by atoms with Crippen molar-refractivity contribution < 1.29 is 9.53 Å². The Labute approximate surface area is 106 Å². The Morgan fingerprint density at radius 2 is 2.06 bits per heavy atom. The van der Waals surface area contributed by atoms with Crippen LogP contribution in [0.2, 0.25) is 0 Å². The molecular formula is C11H10BrN3O2. The van der Waals surface area contributed by atoms with Gasteiger partial charge >= 0.3 is 5.97 Å². The predicted molar refractivity (Wildman–Crippen MR) is 67.0 cm³/mol. The van der Waals surface area contributed by atoms with Crippen molar-refractivity contribution >= 4 is 27.7 Å². The number of benzene rings is 1. The Kier molecular flexibility index (Phi) is 3.14. The molecule has 0 spiro atoms. The van der Waals surface area contributed by atoms with E-state index in [2.05, 4.69) is 25.8 Å². The second-order valence-corrected chi connectivity index (χ2v) is 4.08. The number of methoxy groups -OCH3 is 1. The number of ether oxygens (including phenoxy) is 1. The maximum absolute atomic E-state index is 11.4. The van der Waals surface area contributed by atoms with E-state index in [1.807, 2.05) is 30.3 Å². The van der Waals surface area contributed by atoms with Gasteiger partial charge in [0.1, 0.15) is 5.82 Å². The van der Waals surface area contributed by atoms with Crippen LogP contribution in [-0.4, -0.2) is 22.9 Å². The Hall–Kier alpha value is -1.82. The molecule has 0 unspecified atom stereocenters. The van der Waals surface area contributed by atoms with Crippen LogP contribution in [0.4, 0.5) is 5.82 Å². The SMILES string of the molecule is COC(=O)c1nn(-c2ccccc2)c(N)c1Br. The van der Waals surface area contributed by atoms with Gasteiger partial charge in [0.05, 0.1) is 17.3 Å². The normalized spacial score (nSPS) is 10.2. The maximum Gasteiger partial charge on any atom is 0.359 e. The lowest BCUT2D eigenvalue weighted by Gasteiger charge is -2.02. The average Bonchev–Trinajstić information content (AvgIpc) is 2.67. The third kappa shape index (κ3) is 2.03. The van der Waals surface area contributed by atoms with E-state index >= 15 is 0 Å². The fourth-order valence-electron chi connectivity index (χ4n) is 1.41. The standard InChI is InChI=1S/C11H10BrN3O2/c1-17-11(16)9-8(12)10(13)15(14-9)7-5-3-2-4-6-7/h2-6H,13H2,1H3. The van der Waals surface area contributed by atoms with Gasteiger partial charge in [0.2, 0.25) is 0 Å². The summed E-state index contributed by atoms with van der Waals surface area (Å²) in [6.45, 7) is 0. The molecule has 0 amide bonds. The number of halogens is 1. The number of anilines is 1. The van der Waals surface area contributed by atoms with Crippen LogP contribution in [0.3, 0.4) is 0 Å². The second kappa shape index (κ2) is 4.58.